The van der Waals surface area contributed by atoms with Crippen LogP contribution in [0.1, 0.15) is 15.9 Å². The van der Waals surface area contributed by atoms with Crippen LogP contribution in [0.15, 0.2) is 94.7 Å². The van der Waals surface area contributed by atoms with E-state index in [0.717, 1.165) is 12.1 Å². The molecule has 1 aliphatic rings. The molecule has 4 aromatic carbocycles. The van der Waals surface area contributed by atoms with E-state index in [1.807, 2.05) is 0 Å². The molecule has 0 radical (unpaired) electrons. The number of hydrogen-bond acceptors (Lipinski definition) is 7. The Morgan fingerprint density at radius 1 is 0.528 bits per heavy atom. The maximum atomic E-state index is 13.1. The highest BCUT2D eigenvalue weighted by Gasteiger charge is 2.28. The van der Waals surface area contributed by atoms with E-state index in [-0.39, 0.29) is 43.8 Å². The normalized spacial score (nSPS) is 12.6. The topological polar surface area (TPSA) is 150 Å². The number of hydrogen-bond donors (Lipinski definition) is 4. The first-order valence-corrected chi connectivity index (χ1v) is 13.5. The Bertz CT molecular complexity index is 1640. The summed E-state index contributed by atoms with van der Waals surface area (Å²) in [5.74, 6) is -0.794. The van der Waals surface area contributed by atoms with Crippen LogP contribution in [0.5, 0.6) is 11.5 Å². The molecule has 182 valence electrons. The number of aromatic hydroxyl groups is 2. The van der Waals surface area contributed by atoms with Crippen molar-refractivity contribution in [2.45, 2.75) is 9.79 Å². The molecule has 1 aliphatic carbocycles. The molecule has 4 aromatic rings. The summed E-state index contributed by atoms with van der Waals surface area (Å²) in [6, 6.07) is 19.4. The van der Waals surface area contributed by atoms with Crippen molar-refractivity contribution < 1.29 is 31.8 Å². The van der Waals surface area contributed by atoms with Gasteiger partial charge in [0.2, 0.25) is 0 Å². The number of ketones is 1. The molecule has 0 heterocycles. The van der Waals surface area contributed by atoms with Gasteiger partial charge in [-0.15, -0.1) is 0 Å². The molecule has 5 rings (SSSR count). The summed E-state index contributed by atoms with van der Waals surface area (Å²) in [6.45, 7) is 0. The Morgan fingerprint density at radius 2 is 0.944 bits per heavy atom. The number of fused-ring (bicyclic) bond motifs is 3. The highest BCUT2D eigenvalue weighted by atomic mass is 32.2. The fourth-order valence-electron chi connectivity index (χ4n) is 3.94. The second-order valence-corrected chi connectivity index (χ2v) is 11.4. The lowest BCUT2D eigenvalue weighted by atomic mass is 10.1. The molecule has 0 atom stereocenters. The van der Waals surface area contributed by atoms with E-state index < -0.39 is 25.8 Å². The largest absolute Gasteiger partial charge is 0.508 e. The van der Waals surface area contributed by atoms with Crippen LogP contribution in [-0.2, 0) is 20.0 Å². The third-order valence-corrected chi connectivity index (χ3v) is 8.34. The maximum absolute atomic E-state index is 13.1. The van der Waals surface area contributed by atoms with Gasteiger partial charge in [0.05, 0.1) is 9.79 Å². The molecule has 0 aliphatic heterocycles. The Kier molecular flexibility index (Phi) is 5.46. The third-order valence-electron chi connectivity index (χ3n) is 5.58. The zero-order chi connectivity index (χ0) is 25.7. The monoisotopic (exact) mass is 522 g/mol. The maximum Gasteiger partial charge on any atom is 0.262 e. The minimum atomic E-state index is -4.01. The smallest absolute Gasteiger partial charge is 0.262 e. The number of carbonyl (C=O) groups is 1. The first-order valence-electron chi connectivity index (χ1n) is 10.5. The van der Waals surface area contributed by atoms with Gasteiger partial charge in [0, 0.05) is 34.6 Å². The number of phenols is 2. The lowest BCUT2D eigenvalue weighted by molar-refractivity contribution is 0.104. The summed E-state index contributed by atoms with van der Waals surface area (Å²) < 4.78 is 55.5. The molecule has 0 saturated carbocycles. The fraction of sp³-hybridized carbons (Fsp3) is 0. The van der Waals surface area contributed by atoms with Gasteiger partial charge >= 0.3 is 0 Å². The van der Waals surface area contributed by atoms with Crippen molar-refractivity contribution in [3.63, 3.8) is 0 Å². The van der Waals surface area contributed by atoms with Crippen LogP contribution >= 0.6 is 0 Å². The summed E-state index contributed by atoms with van der Waals surface area (Å²) in [7, 11) is -8.02. The molecule has 36 heavy (non-hydrogen) atoms. The van der Waals surface area contributed by atoms with Gasteiger partial charge < -0.3 is 10.2 Å². The molecular formula is C25H18N2O7S2. The van der Waals surface area contributed by atoms with Crippen LogP contribution in [0.4, 0.5) is 11.4 Å². The van der Waals surface area contributed by atoms with Crippen molar-refractivity contribution in [3.8, 4) is 22.6 Å². The van der Waals surface area contributed by atoms with Crippen molar-refractivity contribution in [2.75, 3.05) is 9.44 Å². The Labute approximate surface area is 206 Å². The highest BCUT2D eigenvalue weighted by molar-refractivity contribution is 7.93. The van der Waals surface area contributed by atoms with Gasteiger partial charge in [-0.05, 0) is 59.7 Å². The van der Waals surface area contributed by atoms with Crippen LogP contribution in [0.3, 0.4) is 0 Å². The van der Waals surface area contributed by atoms with E-state index in [1.165, 1.54) is 60.7 Å². The molecule has 0 amide bonds. The molecule has 11 heteroatoms. The molecule has 4 N–H and O–H groups in total. The number of carbonyl (C=O) groups excluding carboxylic acids is 1. The molecule has 0 bridgehead atoms. The minimum absolute atomic E-state index is 0.138. The fourth-order valence-corrected chi connectivity index (χ4v) is 6.11. The second kappa shape index (κ2) is 8.40. The Morgan fingerprint density at radius 3 is 1.33 bits per heavy atom. The first-order chi connectivity index (χ1) is 17.0. The molecular weight excluding hydrogens is 504 g/mol. The van der Waals surface area contributed by atoms with Crippen molar-refractivity contribution in [1.29, 1.82) is 0 Å². The predicted octanol–water partition coefficient (Wildman–Crippen LogP) is 3.91. The summed E-state index contributed by atoms with van der Waals surface area (Å²) in [5, 5.41) is 19.2. The quantitative estimate of drug-likeness (QED) is 0.264. The van der Waals surface area contributed by atoms with Crippen molar-refractivity contribution in [2.24, 2.45) is 0 Å². The summed E-state index contributed by atoms with van der Waals surface area (Å²) in [4.78, 5) is 12.9. The Hall–Kier alpha value is -4.35. The predicted molar refractivity (Wildman–Crippen MR) is 133 cm³/mol. The summed E-state index contributed by atoms with van der Waals surface area (Å²) in [6.07, 6.45) is 0. The van der Waals surface area contributed by atoms with Crippen LogP contribution in [0, 0.1) is 0 Å². The van der Waals surface area contributed by atoms with E-state index >= 15 is 0 Å². The average molecular weight is 523 g/mol. The van der Waals surface area contributed by atoms with E-state index in [9.17, 15) is 31.8 Å². The number of nitrogens with one attached hydrogen (secondary N) is 2. The number of benzene rings is 4. The van der Waals surface area contributed by atoms with Gasteiger partial charge in [0.15, 0.2) is 5.78 Å². The van der Waals surface area contributed by atoms with E-state index in [2.05, 4.69) is 9.44 Å². The lowest BCUT2D eigenvalue weighted by Gasteiger charge is -2.10. The molecule has 0 spiro atoms. The van der Waals surface area contributed by atoms with Crippen molar-refractivity contribution in [3.05, 3.63) is 96.1 Å². The van der Waals surface area contributed by atoms with Crippen LogP contribution < -0.4 is 9.44 Å². The standard InChI is InChI=1S/C25H18N2O7S2/c28-17-3-1-5-19(13-17)35(31,32)26-15-7-9-21-22-10-8-16(12-24(22)25(30)23(21)11-15)27-36(33,34)20-6-2-4-18(29)14-20/h1-14,26-29H. The van der Waals surface area contributed by atoms with Crippen LogP contribution in [0.2, 0.25) is 0 Å². The van der Waals surface area contributed by atoms with Crippen LogP contribution in [-0.4, -0.2) is 32.8 Å². The number of sulfonamides is 2. The number of rotatable bonds is 6. The SMILES string of the molecule is O=C1c2cc(NS(=O)(=O)c3cccc(O)c3)ccc2-c2ccc(NS(=O)(=O)c3cccc(O)c3)cc21. The third kappa shape index (κ3) is 4.25. The lowest BCUT2D eigenvalue weighted by Crippen LogP contribution is -2.13. The molecule has 0 saturated heterocycles. The zero-order valence-electron chi connectivity index (χ0n) is 18.3. The van der Waals surface area contributed by atoms with Gasteiger partial charge in [-0.3, -0.25) is 14.2 Å². The first kappa shape index (κ1) is 23.4. The van der Waals surface area contributed by atoms with Gasteiger partial charge in [-0.25, -0.2) is 16.8 Å². The van der Waals surface area contributed by atoms with Gasteiger partial charge in [-0.2, -0.15) is 0 Å². The zero-order valence-corrected chi connectivity index (χ0v) is 20.0. The molecule has 0 unspecified atom stereocenters. The van der Waals surface area contributed by atoms with E-state index in [4.69, 9.17) is 0 Å². The second-order valence-electron chi connectivity index (χ2n) is 8.06. The van der Waals surface area contributed by atoms with Gasteiger partial charge in [-0.1, -0.05) is 24.3 Å². The Balaban J connectivity index is 1.43. The molecule has 0 fully saturated rings. The van der Waals surface area contributed by atoms with E-state index in [0.29, 0.717) is 11.1 Å². The van der Waals surface area contributed by atoms with Crippen LogP contribution in [0.25, 0.3) is 11.1 Å². The molecule has 9 nitrogen and oxygen atoms in total. The highest BCUT2D eigenvalue weighted by Crippen LogP contribution is 2.39. The van der Waals surface area contributed by atoms with Gasteiger partial charge in [0.1, 0.15) is 11.5 Å². The summed E-state index contributed by atoms with van der Waals surface area (Å²) >= 11 is 0. The number of anilines is 2. The minimum Gasteiger partial charge on any atom is -0.508 e. The summed E-state index contributed by atoms with van der Waals surface area (Å²) in [5.41, 5.74) is 1.99. The van der Waals surface area contributed by atoms with E-state index in [1.54, 1.807) is 12.1 Å². The molecule has 0 aromatic heterocycles. The van der Waals surface area contributed by atoms with Crippen molar-refractivity contribution >= 4 is 37.2 Å². The van der Waals surface area contributed by atoms with Crippen molar-refractivity contribution in [1.82, 2.24) is 0 Å². The average Bonchev–Trinajstić information content (AvgIpc) is 3.09. The number of phenolic OH excluding ortho intramolecular Hbond substituents is 2. The van der Waals surface area contributed by atoms with Gasteiger partial charge in [0.25, 0.3) is 20.0 Å².